The quantitative estimate of drug-likeness (QED) is 0.149. The summed E-state index contributed by atoms with van der Waals surface area (Å²) in [6.07, 6.45) is 0. The fraction of sp³-hybridized carbons (Fsp3) is 0. The van der Waals surface area contributed by atoms with Crippen LogP contribution in [0.4, 0.5) is 0 Å². The van der Waals surface area contributed by atoms with Crippen LogP contribution in [0.25, 0.3) is 110 Å². The molecule has 0 aromatic heterocycles. The summed E-state index contributed by atoms with van der Waals surface area (Å²) in [5.41, 5.74) is 14.7. The van der Waals surface area contributed by atoms with Gasteiger partial charge in [-0.2, -0.15) is 0 Å². The number of rotatable bonds is 6. The highest BCUT2D eigenvalue weighted by Crippen LogP contribution is 2.46. The van der Waals surface area contributed by atoms with Gasteiger partial charge >= 0.3 is 0 Å². The average molecular weight is 735 g/mol. The van der Waals surface area contributed by atoms with Crippen molar-refractivity contribution in [1.82, 2.24) is 0 Å². The average Bonchev–Trinajstić information content (AvgIpc) is 3.30. The first kappa shape index (κ1) is 33.8. The van der Waals surface area contributed by atoms with Gasteiger partial charge in [0, 0.05) is 0 Å². The van der Waals surface area contributed by atoms with Gasteiger partial charge in [-0.1, -0.05) is 212 Å². The van der Waals surface area contributed by atoms with Gasteiger partial charge in [0.25, 0.3) is 0 Å². The van der Waals surface area contributed by atoms with E-state index in [0.29, 0.717) is 0 Å². The lowest BCUT2D eigenvalue weighted by atomic mass is 9.84. The third kappa shape index (κ3) is 5.86. The molecule has 0 amide bonds. The second-order valence-corrected chi connectivity index (χ2v) is 15.2. The van der Waals surface area contributed by atoms with E-state index in [-0.39, 0.29) is 0 Å². The van der Waals surface area contributed by atoms with Gasteiger partial charge in [0.1, 0.15) is 0 Å². The monoisotopic (exact) mass is 734 g/mol. The molecule has 0 heteroatoms. The largest absolute Gasteiger partial charge is 0.0622 e. The smallest absolute Gasteiger partial charge is 0.00261 e. The van der Waals surface area contributed by atoms with Crippen LogP contribution >= 0.6 is 0 Å². The zero-order valence-corrected chi connectivity index (χ0v) is 31.9. The molecule has 0 aliphatic rings. The molecule has 0 unspecified atom stereocenters. The molecule has 0 nitrogen and oxygen atoms in total. The predicted molar refractivity (Wildman–Crippen MR) is 249 cm³/mol. The Hall–Kier alpha value is -7.54. The normalized spacial score (nSPS) is 11.4. The van der Waals surface area contributed by atoms with Crippen LogP contribution in [0, 0.1) is 0 Å². The van der Waals surface area contributed by atoms with Crippen molar-refractivity contribution in [2.75, 3.05) is 0 Å². The van der Waals surface area contributed by atoms with Gasteiger partial charge in [-0.05, 0) is 128 Å². The Bertz CT molecular complexity index is 3240. The Morgan fingerprint density at radius 1 is 0.172 bits per heavy atom. The lowest BCUT2D eigenvalue weighted by molar-refractivity contribution is 1.58. The molecular formula is C58H38. The molecule has 11 rings (SSSR count). The topological polar surface area (TPSA) is 0 Å². The van der Waals surface area contributed by atoms with Crippen molar-refractivity contribution in [3.05, 3.63) is 231 Å². The van der Waals surface area contributed by atoms with E-state index >= 15 is 0 Å². The van der Waals surface area contributed by atoms with Gasteiger partial charge in [0.05, 0.1) is 0 Å². The summed E-state index contributed by atoms with van der Waals surface area (Å²) >= 11 is 0. The van der Waals surface area contributed by atoms with Crippen molar-refractivity contribution >= 4 is 43.1 Å². The van der Waals surface area contributed by atoms with Crippen molar-refractivity contribution in [3.8, 4) is 66.8 Å². The highest BCUT2D eigenvalue weighted by atomic mass is 14.2. The fourth-order valence-corrected chi connectivity index (χ4v) is 9.08. The molecule has 0 spiro atoms. The van der Waals surface area contributed by atoms with Gasteiger partial charge in [0.15, 0.2) is 0 Å². The summed E-state index contributed by atoms with van der Waals surface area (Å²) in [5, 5.41) is 9.98. The van der Waals surface area contributed by atoms with E-state index in [1.165, 1.54) is 110 Å². The van der Waals surface area contributed by atoms with E-state index in [4.69, 9.17) is 0 Å². The third-order valence-electron chi connectivity index (χ3n) is 11.8. The Labute approximate surface area is 339 Å². The molecule has 270 valence electrons. The molecule has 0 saturated heterocycles. The minimum Gasteiger partial charge on any atom is -0.0622 e. The van der Waals surface area contributed by atoms with Crippen LogP contribution in [0.15, 0.2) is 231 Å². The van der Waals surface area contributed by atoms with Crippen LogP contribution in [0.2, 0.25) is 0 Å². The van der Waals surface area contributed by atoms with Crippen molar-refractivity contribution in [3.63, 3.8) is 0 Å². The van der Waals surface area contributed by atoms with Crippen LogP contribution in [0.3, 0.4) is 0 Å². The third-order valence-corrected chi connectivity index (χ3v) is 11.8. The molecule has 0 saturated carbocycles. The highest BCUT2D eigenvalue weighted by Gasteiger charge is 2.19. The van der Waals surface area contributed by atoms with Gasteiger partial charge in [-0.15, -0.1) is 0 Å². The number of benzene rings is 11. The van der Waals surface area contributed by atoms with E-state index in [2.05, 4.69) is 231 Å². The molecule has 11 aromatic carbocycles. The summed E-state index contributed by atoms with van der Waals surface area (Å²) in [6, 6.07) is 84.6. The van der Waals surface area contributed by atoms with Crippen LogP contribution in [0.5, 0.6) is 0 Å². The SMILES string of the molecule is c1ccc(-c2ccc(-c3cccc(-c4c(-c5ccc6ccccc6c5)ccc5ccc(-c6c7ccccc7c(-c7ccccc7)c7ccccc67)cc45)c3)cc2)cc1. The van der Waals surface area contributed by atoms with Gasteiger partial charge in [0.2, 0.25) is 0 Å². The zero-order valence-electron chi connectivity index (χ0n) is 31.9. The molecule has 0 heterocycles. The fourth-order valence-electron chi connectivity index (χ4n) is 9.08. The molecule has 0 N–H and O–H groups in total. The minimum absolute atomic E-state index is 1.20. The zero-order chi connectivity index (χ0) is 38.4. The first-order valence-electron chi connectivity index (χ1n) is 20.1. The van der Waals surface area contributed by atoms with Crippen LogP contribution in [-0.2, 0) is 0 Å². The molecule has 0 fully saturated rings. The number of hydrogen-bond donors (Lipinski definition) is 0. The van der Waals surface area contributed by atoms with Crippen molar-refractivity contribution in [2.24, 2.45) is 0 Å². The van der Waals surface area contributed by atoms with E-state index in [9.17, 15) is 0 Å². The molecule has 0 aliphatic carbocycles. The van der Waals surface area contributed by atoms with E-state index in [1.54, 1.807) is 0 Å². The second-order valence-electron chi connectivity index (χ2n) is 15.2. The standard InChI is InChI=1S/C58H38/c1-3-14-39(15-4-1)41-26-28-42(29-27-41)46-20-13-21-48(37-46)57-50(47-32-30-40-16-7-8-19-45(40)36-47)35-34-43-31-33-49(38-55(43)57)58-53-24-11-9-22-51(53)56(44-17-5-2-6-18-44)52-23-10-12-25-54(52)58/h1-38H. The molecule has 0 bridgehead atoms. The van der Waals surface area contributed by atoms with Crippen molar-refractivity contribution in [1.29, 1.82) is 0 Å². The lowest BCUT2D eigenvalue weighted by Gasteiger charge is -2.19. The summed E-state index contributed by atoms with van der Waals surface area (Å²) in [5.74, 6) is 0. The van der Waals surface area contributed by atoms with Crippen molar-refractivity contribution < 1.29 is 0 Å². The van der Waals surface area contributed by atoms with Gasteiger partial charge < -0.3 is 0 Å². The Morgan fingerprint density at radius 2 is 0.603 bits per heavy atom. The minimum atomic E-state index is 1.20. The van der Waals surface area contributed by atoms with E-state index in [1.807, 2.05) is 0 Å². The molecule has 0 radical (unpaired) electrons. The first-order chi connectivity index (χ1) is 28.8. The summed E-state index contributed by atoms with van der Waals surface area (Å²) in [6.45, 7) is 0. The maximum Gasteiger partial charge on any atom is -0.00261 e. The molecule has 0 aliphatic heterocycles. The predicted octanol–water partition coefficient (Wildman–Crippen LogP) is 16.3. The van der Waals surface area contributed by atoms with Gasteiger partial charge in [-0.3, -0.25) is 0 Å². The molecular weight excluding hydrogens is 697 g/mol. The number of fused-ring (bicyclic) bond motifs is 4. The summed E-state index contributed by atoms with van der Waals surface area (Å²) in [4.78, 5) is 0. The number of hydrogen-bond acceptors (Lipinski definition) is 0. The maximum absolute atomic E-state index is 2.45. The van der Waals surface area contributed by atoms with Crippen molar-refractivity contribution in [2.45, 2.75) is 0 Å². The summed E-state index contributed by atoms with van der Waals surface area (Å²) < 4.78 is 0. The Morgan fingerprint density at radius 3 is 1.28 bits per heavy atom. The Kier molecular flexibility index (Phi) is 8.26. The van der Waals surface area contributed by atoms with Crippen LogP contribution < -0.4 is 0 Å². The Balaban J connectivity index is 1.15. The molecule has 58 heavy (non-hydrogen) atoms. The molecule has 11 aromatic rings. The molecule has 0 atom stereocenters. The van der Waals surface area contributed by atoms with E-state index in [0.717, 1.165) is 0 Å². The van der Waals surface area contributed by atoms with E-state index < -0.39 is 0 Å². The van der Waals surface area contributed by atoms with Gasteiger partial charge in [-0.25, -0.2) is 0 Å². The maximum atomic E-state index is 2.45. The summed E-state index contributed by atoms with van der Waals surface area (Å²) in [7, 11) is 0. The first-order valence-corrected chi connectivity index (χ1v) is 20.1. The second kappa shape index (κ2) is 14.2. The van der Waals surface area contributed by atoms with Crippen LogP contribution in [-0.4, -0.2) is 0 Å². The van der Waals surface area contributed by atoms with Crippen LogP contribution in [0.1, 0.15) is 0 Å². The lowest BCUT2D eigenvalue weighted by Crippen LogP contribution is -1.92. The highest BCUT2D eigenvalue weighted by molar-refractivity contribution is 6.22.